The van der Waals surface area contributed by atoms with Crippen LogP contribution in [-0.4, -0.2) is 5.11 Å². The van der Waals surface area contributed by atoms with Gasteiger partial charge in [0.15, 0.2) is 0 Å². The molecule has 1 aromatic carbocycles. The Balaban J connectivity index is 2.93. The van der Waals surface area contributed by atoms with Gasteiger partial charge in [0.2, 0.25) is 0 Å². The molecule has 0 radical (unpaired) electrons. The van der Waals surface area contributed by atoms with E-state index in [1.807, 2.05) is 0 Å². The van der Waals surface area contributed by atoms with Crippen molar-refractivity contribution in [3.8, 4) is 5.75 Å². The van der Waals surface area contributed by atoms with Crippen LogP contribution in [0.5, 0.6) is 5.75 Å². The highest BCUT2D eigenvalue weighted by atomic mass is 16.3. The maximum Gasteiger partial charge on any atom is 0.115 e. The molecule has 0 aliphatic rings. The Labute approximate surface area is 112 Å². The molecule has 18 heavy (non-hydrogen) atoms. The van der Waals surface area contributed by atoms with Gasteiger partial charge in [-0.1, -0.05) is 53.7 Å². The van der Waals surface area contributed by atoms with E-state index < -0.39 is 0 Å². The largest absolute Gasteiger partial charge is 0.508 e. The minimum atomic E-state index is 0.327. The molecule has 0 aliphatic carbocycles. The highest BCUT2D eigenvalue weighted by Gasteiger charge is 2.25. The van der Waals surface area contributed by atoms with Crippen LogP contribution in [-0.2, 0) is 0 Å². The summed E-state index contributed by atoms with van der Waals surface area (Å²) in [6, 6.07) is 7.73. The van der Waals surface area contributed by atoms with Crippen molar-refractivity contribution in [2.45, 2.75) is 60.3 Å². The van der Waals surface area contributed by atoms with Crippen molar-refractivity contribution in [2.75, 3.05) is 0 Å². The summed E-state index contributed by atoms with van der Waals surface area (Å²) in [6.07, 6.45) is 2.35. The molecule has 0 spiro atoms. The van der Waals surface area contributed by atoms with Gasteiger partial charge in [-0.2, -0.15) is 0 Å². The van der Waals surface area contributed by atoms with E-state index >= 15 is 0 Å². The zero-order chi connectivity index (χ0) is 14.0. The molecule has 102 valence electrons. The molecular formula is C17H28O. The lowest BCUT2D eigenvalue weighted by atomic mass is 9.74. The third kappa shape index (κ3) is 5.57. The van der Waals surface area contributed by atoms with Crippen molar-refractivity contribution in [3.63, 3.8) is 0 Å². The predicted octanol–water partition coefficient (Wildman–Crippen LogP) is 5.35. The Kier molecular flexibility index (Phi) is 4.47. The smallest absolute Gasteiger partial charge is 0.115 e. The van der Waals surface area contributed by atoms with Gasteiger partial charge < -0.3 is 5.11 Å². The van der Waals surface area contributed by atoms with E-state index in [-0.39, 0.29) is 0 Å². The van der Waals surface area contributed by atoms with Crippen LogP contribution in [0.2, 0.25) is 0 Å². The first-order valence-corrected chi connectivity index (χ1v) is 6.86. The van der Waals surface area contributed by atoms with Gasteiger partial charge in [0.1, 0.15) is 5.75 Å². The molecular weight excluding hydrogens is 220 g/mol. The van der Waals surface area contributed by atoms with Crippen LogP contribution in [0.1, 0.15) is 65.9 Å². The molecule has 1 heteroatoms. The molecule has 0 saturated carbocycles. The highest BCUT2D eigenvalue weighted by Crippen LogP contribution is 2.39. The molecule has 0 saturated heterocycles. The Morgan fingerprint density at radius 1 is 0.833 bits per heavy atom. The quantitative estimate of drug-likeness (QED) is 0.764. The SMILES string of the molecule is CC(C)(C)CC(CC(C)(C)C)c1ccc(O)cc1. The van der Waals surface area contributed by atoms with Crippen LogP contribution in [0.3, 0.4) is 0 Å². The van der Waals surface area contributed by atoms with Crippen LogP contribution < -0.4 is 0 Å². The lowest BCUT2D eigenvalue weighted by Gasteiger charge is -2.31. The summed E-state index contributed by atoms with van der Waals surface area (Å²) in [6.45, 7) is 13.8. The predicted molar refractivity (Wildman–Crippen MR) is 79.0 cm³/mol. The zero-order valence-electron chi connectivity index (χ0n) is 12.7. The van der Waals surface area contributed by atoms with Gasteiger partial charge in [0, 0.05) is 0 Å². The first-order chi connectivity index (χ1) is 8.07. The first-order valence-electron chi connectivity index (χ1n) is 6.86. The Hall–Kier alpha value is -0.980. The van der Waals surface area contributed by atoms with E-state index in [2.05, 4.69) is 53.7 Å². The number of hydrogen-bond donors (Lipinski definition) is 1. The van der Waals surface area contributed by atoms with Gasteiger partial charge in [-0.15, -0.1) is 0 Å². The molecule has 0 unspecified atom stereocenters. The summed E-state index contributed by atoms with van der Waals surface area (Å²) in [4.78, 5) is 0. The van der Waals surface area contributed by atoms with Gasteiger partial charge in [0.25, 0.3) is 0 Å². The number of aromatic hydroxyl groups is 1. The topological polar surface area (TPSA) is 20.2 Å². The fourth-order valence-corrected chi connectivity index (χ4v) is 2.53. The van der Waals surface area contributed by atoms with E-state index in [1.165, 1.54) is 18.4 Å². The van der Waals surface area contributed by atoms with Gasteiger partial charge in [-0.3, -0.25) is 0 Å². The highest BCUT2D eigenvalue weighted by molar-refractivity contribution is 5.28. The minimum absolute atomic E-state index is 0.327. The second-order valence-corrected chi connectivity index (χ2v) is 7.82. The molecule has 1 N–H and O–H groups in total. The third-order valence-electron chi connectivity index (χ3n) is 3.08. The molecule has 0 aromatic heterocycles. The molecule has 0 amide bonds. The molecule has 0 atom stereocenters. The molecule has 0 heterocycles. The van der Waals surface area contributed by atoms with E-state index in [9.17, 15) is 5.11 Å². The van der Waals surface area contributed by atoms with Crippen LogP contribution in [0.25, 0.3) is 0 Å². The van der Waals surface area contributed by atoms with Crippen molar-refractivity contribution in [2.24, 2.45) is 10.8 Å². The molecule has 1 nitrogen and oxygen atoms in total. The Morgan fingerprint density at radius 3 is 1.56 bits per heavy atom. The normalized spacial score (nSPS) is 13.1. The fourth-order valence-electron chi connectivity index (χ4n) is 2.53. The number of phenolic OH excluding ortho intramolecular Hbond substituents is 1. The Bertz CT molecular complexity index is 346. The monoisotopic (exact) mass is 248 g/mol. The van der Waals surface area contributed by atoms with E-state index in [1.54, 1.807) is 12.1 Å². The number of rotatable bonds is 3. The molecule has 0 aliphatic heterocycles. The molecule has 1 aromatic rings. The summed E-state index contributed by atoms with van der Waals surface area (Å²) in [5.74, 6) is 0.912. The van der Waals surface area contributed by atoms with Crippen molar-refractivity contribution in [3.05, 3.63) is 29.8 Å². The number of benzene rings is 1. The summed E-state index contributed by atoms with van der Waals surface area (Å²) in [7, 11) is 0. The zero-order valence-corrected chi connectivity index (χ0v) is 12.7. The van der Waals surface area contributed by atoms with Crippen LogP contribution in [0.15, 0.2) is 24.3 Å². The van der Waals surface area contributed by atoms with E-state index in [4.69, 9.17) is 0 Å². The van der Waals surface area contributed by atoms with Crippen LogP contribution in [0, 0.1) is 10.8 Å². The molecule has 1 rings (SSSR count). The summed E-state index contributed by atoms with van der Waals surface area (Å²) in [5.41, 5.74) is 2.00. The fraction of sp³-hybridized carbons (Fsp3) is 0.647. The summed E-state index contributed by atoms with van der Waals surface area (Å²) < 4.78 is 0. The molecule has 0 fully saturated rings. The van der Waals surface area contributed by atoms with Gasteiger partial charge in [-0.05, 0) is 47.3 Å². The lowest BCUT2D eigenvalue weighted by Crippen LogP contribution is -2.17. The maximum absolute atomic E-state index is 9.40. The third-order valence-corrected chi connectivity index (χ3v) is 3.08. The van der Waals surface area contributed by atoms with Crippen LogP contribution in [0.4, 0.5) is 0 Å². The second-order valence-electron chi connectivity index (χ2n) is 7.82. The lowest BCUT2D eigenvalue weighted by molar-refractivity contribution is 0.269. The Morgan fingerprint density at radius 2 is 1.22 bits per heavy atom. The van der Waals surface area contributed by atoms with E-state index in [0.29, 0.717) is 22.5 Å². The molecule has 0 bridgehead atoms. The second kappa shape index (κ2) is 5.34. The van der Waals surface area contributed by atoms with Crippen molar-refractivity contribution in [1.29, 1.82) is 0 Å². The minimum Gasteiger partial charge on any atom is -0.508 e. The van der Waals surface area contributed by atoms with Gasteiger partial charge >= 0.3 is 0 Å². The van der Waals surface area contributed by atoms with Gasteiger partial charge in [-0.25, -0.2) is 0 Å². The standard InChI is InChI=1S/C17H28O/c1-16(2,3)11-14(12-17(4,5)6)13-7-9-15(18)10-8-13/h7-10,14,18H,11-12H2,1-6H3. The van der Waals surface area contributed by atoms with Crippen molar-refractivity contribution < 1.29 is 5.11 Å². The van der Waals surface area contributed by atoms with Crippen LogP contribution >= 0.6 is 0 Å². The van der Waals surface area contributed by atoms with Crippen molar-refractivity contribution >= 4 is 0 Å². The number of hydrogen-bond acceptors (Lipinski definition) is 1. The van der Waals surface area contributed by atoms with Crippen molar-refractivity contribution in [1.82, 2.24) is 0 Å². The number of phenols is 1. The maximum atomic E-state index is 9.40. The average molecular weight is 248 g/mol. The van der Waals surface area contributed by atoms with Gasteiger partial charge in [0.05, 0.1) is 0 Å². The first kappa shape index (κ1) is 15.1. The average Bonchev–Trinajstić information content (AvgIpc) is 2.13. The summed E-state index contributed by atoms with van der Waals surface area (Å²) >= 11 is 0. The van der Waals surface area contributed by atoms with E-state index in [0.717, 1.165) is 0 Å². The summed E-state index contributed by atoms with van der Waals surface area (Å²) in [5, 5.41) is 9.40.